The minimum absolute atomic E-state index is 0.0428. The van der Waals surface area contributed by atoms with Gasteiger partial charge in [0.25, 0.3) is 5.91 Å². The number of hydrogen-bond donors (Lipinski definition) is 2. The molecule has 0 saturated carbocycles. The first-order chi connectivity index (χ1) is 20.7. The van der Waals surface area contributed by atoms with Crippen LogP contribution in [-0.2, 0) is 14.2 Å². The van der Waals surface area contributed by atoms with Gasteiger partial charge in [-0.2, -0.15) is 0 Å². The summed E-state index contributed by atoms with van der Waals surface area (Å²) in [5.74, 6) is 0.222. The van der Waals surface area contributed by atoms with Gasteiger partial charge in [0.2, 0.25) is 0 Å². The van der Waals surface area contributed by atoms with E-state index >= 15 is 0 Å². The smallest absolute Gasteiger partial charge is 0.406 e. The Bertz CT molecular complexity index is 1210. The van der Waals surface area contributed by atoms with Crippen LogP contribution in [0.25, 0.3) is 0 Å². The molecule has 2 aromatic rings. The van der Waals surface area contributed by atoms with E-state index in [-0.39, 0.29) is 36.0 Å². The third kappa shape index (κ3) is 8.34. The fourth-order valence-electron chi connectivity index (χ4n) is 6.07. The van der Waals surface area contributed by atoms with Crippen molar-refractivity contribution < 1.29 is 36.9 Å². The third-order valence-electron chi connectivity index (χ3n) is 8.46. The highest BCUT2D eigenvalue weighted by atomic mass is 19.4. The molecule has 43 heavy (non-hydrogen) atoms. The molecule has 1 aromatic heterocycles. The van der Waals surface area contributed by atoms with E-state index in [2.05, 4.69) is 25.3 Å². The summed E-state index contributed by atoms with van der Waals surface area (Å²) in [5, 5.41) is 7.04. The first kappa shape index (κ1) is 31.4. The summed E-state index contributed by atoms with van der Waals surface area (Å²) in [4.78, 5) is 24.0. The lowest BCUT2D eigenvalue weighted by Crippen LogP contribution is -2.54. The van der Waals surface area contributed by atoms with Crippen LogP contribution in [-0.4, -0.2) is 91.4 Å². The van der Waals surface area contributed by atoms with E-state index < -0.39 is 6.36 Å². The highest BCUT2D eigenvalue weighted by molar-refractivity contribution is 5.94. The number of carbonyl (C=O) groups is 1. The molecule has 0 radical (unpaired) electrons. The van der Waals surface area contributed by atoms with Crippen molar-refractivity contribution in [1.82, 2.24) is 20.2 Å². The summed E-state index contributed by atoms with van der Waals surface area (Å²) in [7, 11) is 1.71. The van der Waals surface area contributed by atoms with Crippen molar-refractivity contribution in [2.45, 2.75) is 82.2 Å². The Labute approximate surface area is 249 Å². The molecular formula is C30H40F3N5O5. The molecule has 3 fully saturated rings. The lowest BCUT2D eigenvalue weighted by atomic mass is 9.98. The zero-order valence-electron chi connectivity index (χ0n) is 24.6. The van der Waals surface area contributed by atoms with E-state index in [9.17, 15) is 18.0 Å². The number of likely N-dealkylation sites (tertiary alicyclic amines) is 1. The Morgan fingerprint density at radius 2 is 1.86 bits per heavy atom. The quantitative estimate of drug-likeness (QED) is 0.429. The maximum absolute atomic E-state index is 13.4. The second-order valence-electron chi connectivity index (χ2n) is 11.3. The molecule has 1 amide bonds. The van der Waals surface area contributed by atoms with Gasteiger partial charge < -0.3 is 34.5 Å². The number of benzene rings is 1. The Morgan fingerprint density at radius 3 is 2.58 bits per heavy atom. The molecule has 0 spiro atoms. The van der Waals surface area contributed by atoms with Crippen LogP contribution in [0.15, 0.2) is 30.6 Å². The predicted octanol–water partition coefficient (Wildman–Crippen LogP) is 4.40. The first-order valence-corrected chi connectivity index (χ1v) is 14.9. The van der Waals surface area contributed by atoms with Crippen LogP contribution in [0.5, 0.6) is 5.75 Å². The molecule has 1 aromatic carbocycles. The summed E-state index contributed by atoms with van der Waals surface area (Å²) in [5.41, 5.74) is 1.87. The van der Waals surface area contributed by atoms with Crippen LogP contribution in [0.4, 0.5) is 19.0 Å². The van der Waals surface area contributed by atoms with Crippen molar-refractivity contribution in [1.29, 1.82) is 0 Å². The van der Waals surface area contributed by atoms with E-state index in [1.54, 1.807) is 19.2 Å². The van der Waals surface area contributed by atoms with E-state index in [0.29, 0.717) is 49.4 Å². The number of alkyl halides is 3. The fourth-order valence-corrected chi connectivity index (χ4v) is 6.07. The van der Waals surface area contributed by atoms with Crippen molar-refractivity contribution in [3.05, 3.63) is 47.4 Å². The summed E-state index contributed by atoms with van der Waals surface area (Å²) >= 11 is 0. The molecule has 3 aliphatic heterocycles. The van der Waals surface area contributed by atoms with Crippen LogP contribution in [0, 0.1) is 6.92 Å². The van der Waals surface area contributed by atoms with E-state index in [0.717, 1.165) is 50.7 Å². The number of methoxy groups -OCH3 is 1. The topological polar surface area (TPSA) is 107 Å². The molecule has 10 nitrogen and oxygen atoms in total. The van der Waals surface area contributed by atoms with Gasteiger partial charge in [-0.1, -0.05) is 12.1 Å². The molecule has 3 aliphatic rings. The number of anilines is 1. The number of aromatic nitrogens is 2. The molecule has 4 atom stereocenters. The van der Waals surface area contributed by atoms with E-state index in [4.69, 9.17) is 14.2 Å². The number of hydrogen-bond acceptors (Lipinski definition) is 9. The summed E-state index contributed by atoms with van der Waals surface area (Å²) in [6, 6.07) is 6.39. The largest absolute Gasteiger partial charge is 0.573 e. The molecule has 5 rings (SSSR count). The molecule has 0 bridgehead atoms. The minimum atomic E-state index is -4.73. The number of amides is 1. The number of ether oxygens (including phenoxy) is 4. The summed E-state index contributed by atoms with van der Waals surface area (Å²) in [6.45, 7) is 4.93. The Morgan fingerprint density at radius 1 is 1.09 bits per heavy atom. The summed E-state index contributed by atoms with van der Waals surface area (Å²) in [6.07, 6.45) is 1.50. The molecular weight excluding hydrogens is 567 g/mol. The van der Waals surface area contributed by atoms with Crippen molar-refractivity contribution >= 4 is 11.7 Å². The van der Waals surface area contributed by atoms with Gasteiger partial charge in [0, 0.05) is 51.0 Å². The number of carbonyl (C=O) groups excluding carboxylic acids is 1. The molecule has 4 heterocycles. The van der Waals surface area contributed by atoms with E-state index in [1.165, 1.54) is 18.5 Å². The second kappa shape index (κ2) is 14.2. The molecule has 2 N–H and O–H groups in total. The Balaban J connectivity index is 1.12. The molecule has 236 valence electrons. The van der Waals surface area contributed by atoms with Gasteiger partial charge in [-0.25, -0.2) is 9.97 Å². The number of nitrogens with one attached hydrogen (secondary N) is 2. The summed E-state index contributed by atoms with van der Waals surface area (Å²) < 4.78 is 58.8. The predicted molar refractivity (Wildman–Crippen MR) is 152 cm³/mol. The first-order valence-electron chi connectivity index (χ1n) is 14.9. The van der Waals surface area contributed by atoms with Crippen molar-refractivity contribution in [3.8, 4) is 5.75 Å². The van der Waals surface area contributed by atoms with Gasteiger partial charge in [-0.15, -0.1) is 13.2 Å². The number of nitrogens with zero attached hydrogens (tertiary/aromatic N) is 3. The molecule has 13 heteroatoms. The van der Waals surface area contributed by atoms with Crippen LogP contribution in [0.2, 0.25) is 0 Å². The van der Waals surface area contributed by atoms with Gasteiger partial charge in [-0.3, -0.25) is 4.79 Å². The van der Waals surface area contributed by atoms with Crippen LogP contribution < -0.4 is 15.4 Å². The lowest BCUT2D eigenvalue weighted by Gasteiger charge is -2.38. The van der Waals surface area contributed by atoms with Crippen molar-refractivity contribution in [2.24, 2.45) is 0 Å². The SMILES string of the molecule is COC1COCCC1NC1CCN(C(=O)c2ncnc(NCC3CCCC(c4ccc(OC(F)(F)F)cc4)O3)c2C)CC1. The standard InChI is InChI=1S/C30H40F3N5O5/c1-19-27(29(39)38-13-10-21(11-14-38)37-24-12-15-41-17-26(24)40-2)35-18-36-28(19)34-16-23-4-3-5-25(42-23)20-6-8-22(9-7-20)43-30(31,32)33/h6-9,18,21,23-26,37H,3-5,10-17H2,1-2H3,(H,34,35,36). The van der Waals surface area contributed by atoms with Gasteiger partial charge in [0.15, 0.2) is 0 Å². The monoisotopic (exact) mass is 607 g/mol. The highest BCUT2D eigenvalue weighted by Crippen LogP contribution is 2.33. The van der Waals surface area contributed by atoms with Crippen LogP contribution in [0.1, 0.15) is 66.2 Å². The normalized spacial score (nSPS) is 25.4. The average molecular weight is 608 g/mol. The minimum Gasteiger partial charge on any atom is -0.406 e. The Hall–Kier alpha value is -3.00. The number of piperidine rings is 1. The average Bonchev–Trinajstić information content (AvgIpc) is 3.01. The fraction of sp³-hybridized carbons (Fsp3) is 0.633. The third-order valence-corrected chi connectivity index (χ3v) is 8.46. The van der Waals surface area contributed by atoms with Gasteiger partial charge in [0.05, 0.1) is 24.9 Å². The molecule has 4 unspecified atom stereocenters. The van der Waals surface area contributed by atoms with Crippen molar-refractivity contribution in [2.75, 3.05) is 45.3 Å². The zero-order chi connectivity index (χ0) is 30.4. The van der Waals surface area contributed by atoms with Crippen LogP contribution in [0.3, 0.4) is 0 Å². The number of rotatable bonds is 9. The van der Waals surface area contributed by atoms with Crippen molar-refractivity contribution in [3.63, 3.8) is 0 Å². The molecule has 0 aliphatic carbocycles. The van der Waals surface area contributed by atoms with Crippen LogP contribution >= 0.6 is 0 Å². The maximum atomic E-state index is 13.4. The highest BCUT2D eigenvalue weighted by Gasteiger charge is 2.33. The lowest BCUT2D eigenvalue weighted by molar-refractivity contribution is -0.274. The Kier molecular flexibility index (Phi) is 10.4. The number of halogens is 3. The van der Waals surface area contributed by atoms with E-state index in [1.807, 2.05) is 11.8 Å². The molecule has 3 saturated heterocycles. The second-order valence-corrected chi connectivity index (χ2v) is 11.3. The zero-order valence-corrected chi connectivity index (χ0v) is 24.6. The van der Waals surface area contributed by atoms with Gasteiger partial charge in [0.1, 0.15) is 23.6 Å². The van der Waals surface area contributed by atoms with Gasteiger partial charge >= 0.3 is 6.36 Å². The van der Waals surface area contributed by atoms with Gasteiger partial charge in [-0.05, 0) is 63.1 Å². The maximum Gasteiger partial charge on any atom is 0.573 e.